The molecule has 0 saturated heterocycles. The first-order valence-electron chi connectivity index (χ1n) is 5.91. The summed E-state index contributed by atoms with van der Waals surface area (Å²) in [4.78, 5) is 11.4. The summed E-state index contributed by atoms with van der Waals surface area (Å²) in [5.74, 6) is -0.107. The van der Waals surface area contributed by atoms with Crippen LogP contribution in [0.1, 0.15) is 41.0 Å². The molecule has 0 aromatic carbocycles. The van der Waals surface area contributed by atoms with E-state index in [0.717, 1.165) is 12.1 Å². The maximum atomic E-state index is 11.8. The van der Waals surface area contributed by atoms with E-state index < -0.39 is 11.4 Å². The molecule has 0 spiro atoms. The summed E-state index contributed by atoms with van der Waals surface area (Å²) in [6, 6.07) is 0. The molecule has 1 rings (SSSR count). The summed E-state index contributed by atoms with van der Waals surface area (Å²) in [5.41, 5.74) is 0.802. The lowest BCUT2D eigenvalue weighted by Crippen LogP contribution is -2.27. The topological polar surface area (TPSA) is 61.7 Å². The van der Waals surface area contributed by atoms with E-state index in [0.29, 0.717) is 6.61 Å². The second-order valence-electron chi connectivity index (χ2n) is 5.29. The van der Waals surface area contributed by atoms with Gasteiger partial charge in [0.2, 0.25) is 0 Å². The Morgan fingerprint density at radius 3 is 2.53 bits per heavy atom. The second kappa shape index (κ2) is 5.40. The van der Waals surface area contributed by atoms with Crippen LogP contribution in [0.15, 0.2) is 4.40 Å². The first kappa shape index (κ1) is 14.5. The Kier molecular flexibility index (Phi) is 4.61. The number of nitrogens with zero attached hydrogens (tertiary/aromatic N) is 1. The Hall–Kier alpha value is -0.550. The van der Waals surface area contributed by atoms with Crippen molar-refractivity contribution in [3.05, 3.63) is 0 Å². The van der Waals surface area contributed by atoms with Gasteiger partial charge in [0.25, 0.3) is 0 Å². The van der Waals surface area contributed by atoms with Crippen LogP contribution < -0.4 is 0 Å². The van der Waals surface area contributed by atoms with E-state index in [2.05, 4.69) is 4.40 Å². The zero-order chi connectivity index (χ0) is 13.2. The third-order valence-corrected chi connectivity index (χ3v) is 4.17. The number of rotatable bonds is 4. The van der Waals surface area contributed by atoms with Gasteiger partial charge >= 0.3 is 5.97 Å². The number of hydrogen-bond donors (Lipinski definition) is 0. The molecule has 4 nitrogen and oxygen atoms in total. The normalized spacial score (nSPS) is 26.6. The predicted molar refractivity (Wildman–Crippen MR) is 69.2 cm³/mol. The van der Waals surface area contributed by atoms with Gasteiger partial charge in [-0.05, 0) is 41.0 Å². The Morgan fingerprint density at radius 1 is 1.47 bits per heavy atom. The largest absolute Gasteiger partial charge is 0.591 e. The molecule has 1 unspecified atom stereocenters. The molecule has 0 bridgehead atoms. The van der Waals surface area contributed by atoms with Crippen LogP contribution in [-0.2, 0) is 20.9 Å². The number of esters is 1. The highest BCUT2D eigenvalue weighted by molar-refractivity contribution is 7.91. The highest BCUT2D eigenvalue weighted by Gasteiger charge is 2.47. The van der Waals surface area contributed by atoms with Crippen molar-refractivity contribution in [3.63, 3.8) is 0 Å². The third-order valence-electron chi connectivity index (χ3n) is 2.67. The molecule has 0 aromatic heterocycles. The minimum Gasteiger partial charge on any atom is -0.591 e. The van der Waals surface area contributed by atoms with E-state index in [1.807, 2.05) is 27.7 Å². The SMILES string of the molecule is CCOC(=O)[C@@H]1C[C@H]1C(C)=N[S+]([O-])C(C)(C)C. The molecule has 3 atom stereocenters. The summed E-state index contributed by atoms with van der Waals surface area (Å²) in [5, 5.41) is 0. The summed E-state index contributed by atoms with van der Waals surface area (Å²) in [7, 11) is 0. The molecular weight excluding hydrogens is 238 g/mol. The highest BCUT2D eigenvalue weighted by Crippen LogP contribution is 2.41. The van der Waals surface area contributed by atoms with Crippen molar-refractivity contribution in [2.45, 2.75) is 45.8 Å². The molecule has 98 valence electrons. The van der Waals surface area contributed by atoms with Crippen LogP contribution in [0, 0.1) is 11.8 Å². The van der Waals surface area contributed by atoms with Gasteiger partial charge < -0.3 is 9.29 Å². The van der Waals surface area contributed by atoms with Crippen LogP contribution >= 0.6 is 0 Å². The molecule has 1 saturated carbocycles. The van der Waals surface area contributed by atoms with E-state index in [1.54, 1.807) is 6.92 Å². The number of carbonyl (C=O) groups excluding carboxylic acids is 1. The molecule has 0 radical (unpaired) electrons. The fraction of sp³-hybridized carbons (Fsp3) is 0.833. The van der Waals surface area contributed by atoms with E-state index in [4.69, 9.17) is 4.74 Å². The van der Waals surface area contributed by atoms with Crippen molar-refractivity contribution in [3.8, 4) is 0 Å². The monoisotopic (exact) mass is 259 g/mol. The van der Waals surface area contributed by atoms with Crippen LogP contribution in [0.2, 0.25) is 0 Å². The first-order chi connectivity index (χ1) is 7.77. The Bertz CT molecular complexity index is 322. The number of carbonyl (C=O) groups is 1. The third kappa shape index (κ3) is 4.00. The zero-order valence-corrected chi connectivity index (χ0v) is 12.0. The molecular formula is C12H21NO3S. The number of hydrogen-bond acceptors (Lipinski definition) is 4. The standard InChI is InChI=1S/C12H21NO3S/c1-6-16-11(14)10-7-9(10)8(2)13-17(15)12(3,4)5/h9-10H,6-7H2,1-5H3/t9-,10+,17?/m0/s1. The van der Waals surface area contributed by atoms with Crippen molar-refractivity contribution in [1.29, 1.82) is 0 Å². The van der Waals surface area contributed by atoms with Crippen molar-refractivity contribution in [2.75, 3.05) is 6.61 Å². The van der Waals surface area contributed by atoms with E-state index in [1.165, 1.54) is 0 Å². The van der Waals surface area contributed by atoms with Crippen molar-refractivity contribution in [1.82, 2.24) is 0 Å². The predicted octanol–water partition coefficient (Wildman–Crippen LogP) is 2.11. The lowest BCUT2D eigenvalue weighted by Gasteiger charge is -2.18. The lowest BCUT2D eigenvalue weighted by atomic mass is 10.2. The molecule has 1 fully saturated rings. The van der Waals surface area contributed by atoms with Gasteiger partial charge in [0, 0.05) is 5.92 Å². The maximum absolute atomic E-state index is 11.8. The molecule has 17 heavy (non-hydrogen) atoms. The van der Waals surface area contributed by atoms with Gasteiger partial charge in [-0.15, -0.1) is 0 Å². The van der Waals surface area contributed by atoms with E-state index in [-0.39, 0.29) is 22.6 Å². The van der Waals surface area contributed by atoms with E-state index >= 15 is 0 Å². The fourth-order valence-electron chi connectivity index (χ4n) is 1.50. The lowest BCUT2D eigenvalue weighted by molar-refractivity contribution is -0.144. The van der Waals surface area contributed by atoms with Crippen LogP contribution in [-0.4, -0.2) is 27.6 Å². The van der Waals surface area contributed by atoms with Gasteiger partial charge in [-0.2, -0.15) is 0 Å². The molecule has 0 amide bonds. The Balaban J connectivity index is 2.54. The average molecular weight is 259 g/mol. The number of ether oxygens (including phenoxy) is 1. The van der Waals surface area contributed by atoms with Gasteiger partial charge in [-0.25, -0.2) is 0 Å². The molecule has 0 N–H and O–H groups in total. The molecule has 1 aliphatic carbocycles. The van der Waals surface area contributed by atoms with Gasteiger partial charge in [-0.3, -0.25) is 4.79 Å². The van der Waals surface area contributed by atoms with Crippen LogP contribution in [0.4, 0.5) is 0 Å². The van der Waals surface area contributed by atoms with Crippen molar-refractivity contribution in [2.24, 2.45) is 16.2 Å². The van der Waals surface area contributed by atoms with Gasteiger partial charge in [0.05, 0.1) is 18.2 Å². The Morgan fingerprint density at radius 2 is 2.06 bits per heavy atom. The van der Waals surface area contributed by atoms with Crippen LogP contribution in [0.25, 0.3) is 0 Å². The molecule has 0 heterocycles. The second-order valence-corrected chi connectivity index (χ2v) is 7.20. The summed E-state index contributed by atoms with van der Waals surface area (Å²) < 4.78 is 20.6. The summed E-state index contributed by atoms with van der Waals surface area (Å²) in [6.07, 6.45) is 0.773. The van der Waals surface area contributed by atoms with Gasteiger partial charge in [0.15, 0.2) is 0 Å². The summed E-state index contributed by atoms with van der Waals surface area (Å²) in [6.45, 7) is 9.70. The first-order valence-corrected chi connectivity index (χ1v) is 7.01. The molecule has 0 aromatic rings. The molecule has 5 heteroatoms. The minimum absolute atomic E-state index is 0.0735. The molecule has 1 aliphatic rings. The quantitative estimate of drug-likeness (QED) is 0.441. The highest BCUT2D eigenvalue weighted by atomic mass is 32.2. The van der Waals surface area contributed by atoms with E-state index in [9.17, 15) is 9.35 Å². The average Bonchev–Trinajstić information content (AvgIpc) is 2.95. The smallest absolute Gasteiger partial charge is 0.309 e. The summed E-state index contributed by atoms with van der Waals surface area (Å²) >= 11 is -1.24. The van der Waals surface area contributed by atoms with Crippen LogP contribution in [0.5, 0.6) is 0 Å². The maximum Gasteiger partial charge on any atom is 0.309 e. The van der Waals surface area contributed by atoms with Crippen molar-refractivity contribution < 1.29 is 14.1 Å². The molecule has 0 aliphatic heterocycles. The van der Waals surface area contributed by atoms with Gasteiger partial charge in [0.1, 0.15) is 16.1 Å². The zero-order valence-electron chi connectivity index (χ0n) is 11.1. The van der Waals surface area contributed by atoms with Crippen LogP contribution in [0.3, 0.4) is 0 Å². The Labute approximate surface area is 106 Å². The van der Waals surface area contributed by atoms with Crippen molar-refractivity contribution >= 4 is 23.0 Å². The van der Waals surface area contributed by atoms with Gasteiger partial charge in [-0.1, -0.05) is 4.40 Å². The fourth-order valence-corrected chi connectivity index (χ4v) is 2.17. The minimum atomic E-state index is -1.24.